The van der Waals surface area contributed by atoms with Gasteiger partial charge in [-0.1, -0.05) is 32.9 Å². The number of carboxylic acid groups (broad SMARTS) is 1. The van der Waals surface area contributed by atoms with E-state index in [1.807, 2.05) is 35.8 Å². The van der Waals surface area contributed by atoms with Crippen molar-refractivity contribution in [3.63, 3.8) is 0 Å². The second-order valence-electron chi connectivity index (χ2n) is 7.95. The van der Waals surface area contributed by atoms with Gasteiger partial charge in [0.05, 0.1) is 6.54 Å². The lowest BCUT2D eigenvalue weighted by atomic mass is 10.0. The third-order valence-electron chi connectivity index (χ3n) is 5.57. The van der Waals surface area contributed by atoms with Crippen molar-refractivity contribution < 1.29 is 19.4 Å². The fraction of sp³-hybridized carbons (Fsp3) is 0.636. The highest BCUT2D eigenvalue weighted by Gasteiger charge is 2.30. The number of likely N-dealkylation sites (tertiary alicyclic amines) is 1. The van der Waals surface area contributed by atoms with E-state index >= 15 is 0 Å². The number of likely N-dealkylation sites (N-methyl/N-ethyl adjacent to an activating group) is 1. The van der Waals surface area contributed by atoms with Crippen LogP contribution < -0.4 is 4.74 Å². The molecule has 0 saturated carbocycles. The average molecular weight is 391 g/mol. The van der Waals surface area contributed by atoms with Crippen LogP contribution in [0.25, 0.3) is 0 Å². The molecule has 1 atom stereocenters. The van der Waals surface area contributed by atoms with Crippen molar-refractivity contribution in [2.45, 2.75) is 65.5 Å². The maximum atomic E-state index is 12.8. The summed E-state index contributed by atoms with van der Waals surface area (Å²) in [4.78, 5) is 27.7. The van der Waals surface area contributed by atoms with E-state index in [-0.39, 0.29) is 18.5 Å². The number of carboxylic acids is 1. The molecule has 0 spiro atoms. The number of piperidine rings is 1. The van der Waals surface area contributed by atoms with E-state index in [1.165, 1.54) is 5.56 Å². The molecule has 1 amide bonds. The van der Waals surface area contributed by atoms with E-state index in [4.69, 9.17) is 9.84 Å². The zero-order chi connectivity index (χ0) is 20.8. The van der Waals surface area contributed by atoms with Crippen LogP contribution in [0.2, 0.25) is 0 Å². The first-order valence-electron chi connectivity index (χ1n) is 10.2. The quantitative estimate of drug-likeness (QED) is 0.738. The number of aryl methyl sites for hydroxylation is 1. The first-order chi connectivity index (χ1) is 13.2. The van der Waals surface area contributed by atoms with Gasteiger partial charge in [-0.25, -0.2) is 0 Å². The molecule has 1 heterocycles. The fourth-order valence-corrected chi connectivity index (χ4v) is 3.72. The summed E-state index contributed by atoms with van der Waals surface area (Å²) in [5.41, 5.74) is 2.22. The summed E-state index contributed by atoms with van der Waals surface area (Å²) >= 11 is 0. The SMILES string of the molecule is CCN(CC(=O)O)C1CCN(C(=O)C(C)Oc2cc(C(C)C)ccc2C)CC1. The molecule has 1 fully saturated rings. The van der Waals surface area contributed by atoms with Gasteiger partial charge in [0.1, 0.15) is 5.75 Å². The third-order valence-corrected chi connectivity index (χ3v) is 5.57. The monoisotopic (exact) mass is 390 g/mol. The Hall–Kier alpha value is -2.08. The Kier molecular flexibility index (Phi) is 7.87. The first-order valence-corrected chi connectivity index (χ1v) is 10.2. The van der Waals surface area contributed by atoms with Gasteiger partial charge in [-0.2, -0.15) is 0 Å². The average Bonchev–Trinajstić information content (AvgIpc) is 2.67. The molecule has 2 rings (SSSR count). The lowest BCUT2D eigenvalue weighted by molar-refractivity contribution is -0.142. The second-order valence-corrected chi connectivity index (χ2v) is 7.95. The number of benzene rings is 1. The highest BCUT2D eigenvalue weighted by Crippen LogP contribution is 2.26. The third kappa shape index (κ3) is 5.71. The van der Waals surface area contributed by atoms with Gasteiger partial charge in [-0.05, 0) is 56.3 Å². The molecule has 1 aromatic rings. The van der Waals surface area contributed by atoms with Crippen molar-refractivity contribution in [3.8, 4) is 5.75 Å². The molecule has 0 aliphatic carbocycles. The van der Waals surface area contributed by atoms with Gasteiger partial charge in [0.15, 0.2) is 6.10 Å². The number of carbonyl (C=O) groups excluding carboxylic acids is 1. The molecule has 1 unspecified atom stereocenters. The molecule has 6 heteroatoms. The smallest absolute Gasteiger partial charge is 0.317 e. The van der Waals surface area contributed by atoms with E-state index < -0.39 is 12.1 Å². The Morgan fingerprint density at radius 2 is 1.89 bits per heavy atom. The van der Waals surface area contributed by atoms with Crippen LogP contribution in [0, 0.1) is 6.92 Å². The number of amides is 1. The van der Waals surface area contributed by atoms with Gasteiger partial charge in [-0.3, -0.25) is 14.5 Å². The predicted octanol–water partition coefficient (Wildman–Crippen LogP) is 3.28. The van der Waals surface area contributed by atoms with Crippen LogP contribution in [0.15, 0.2) is 18.2 Å². The van der Waals surface area contributed by atoms with Gasteiger partial charge in [0.25, 0.3) is 5.91 Å². The van der Waals surface area contributed by atoms with E-state index in [2.05, 4.69) is 19.9 Å². The molecular formula is C22H34N2O4. The van der Waals surface area contributed by atoms with Crippen molar-refractivity contribution in [2.75, 3.05) is 26.2 Å². The Balaban J connectivity index is 1.94. The number of nitrogens with zero attached hydrogens (tertiary/aromatic N) is 2. The summed E-state index contributed by atoms with van der Waals surface area (Å²) in [6.45, 7) is 12.1. The van der Waals surface area contributed by atoms with Crippen LogP contribution in [0.5, 0.6) is 5.75 Å². The Morgan fingerprint density at radius 3 is 2.43 bits per heavy atom. The molecule has 0 aromatic heterocycles. The minimum atomic E-state index is -0.804. The number of carbonyl (C=O) groups is 2. The Bertz CT molecular complexity index is 681. The van der Waals surface area contributed by atoms with Crippen molar-refractivity contribution in [3.05, 3.63) is 29.3 Å². The van der Waals surface area contributed by atoms with Gasteiger partial charge in [0.2, 0.25) is 0 Å². The minimum absolute atomic E-state index is 0.00548. The largest absolute Gasteiger partial charge is 0.481 e. The van der Waals surface area contributed by atoms with Crippen LogP contribution in [-0.2, 0) is 9.59 Å². The van der Waals surface area contributed by atoms with Crippen molar-refractivity contribution >= 4 is 11.9 Å². The molecule has 6 nitrogen and oxygen atoms in total. The number of hydrogen-bond donors (Lipinski definition) is 1. The topological polar surface area (TPSA) is 70.1 Å². The molecule has 1 N–H and O–H groups in total. The summed E-state index contributed by atoms with van der Waals surface area (Å²) < 4.78 is 6.02. The second kappa shape index (κ2) is 9.92. The first kappa shape index (κ1) is 22.2. The van der Waals surface area contributed by atoms with Crippen molar-refractivity contribution in [1.29, 1.82) is 0 Å². The van der Waals surface area contributed by atoms with E-state index in [1.54, 1.807) is 6.92 Å². The van der Waals surface area contributed by atoms with Gasteiger partial charge in [-0.15, -0.1) is 0 Å². The molecule has 1 aliphatic rings. The molecule has 1 aromatic carbocycles. The van der Waals surface area contributed by atoms with Crippen LogP contribution in [0.4, 0.5) is 0 Å². The van der Waals surface area contributed by atoms with Crippen molar-refractivity contribution in [1.82, 2.24) is 9.80 Å². The fourth-order valence-electron chi connectivity index (χ4n) is 3.72. The molecule has 156 valence electrons. The number of hydrogen-bond acceptors (Lipinski definition) is 4. The zero-order valence-corrected chi connectivity index (χ0v) is 17.8. The molecule has 0 radical (unpaired) electrons. The van der Waals surface area contributed by atoms with E-state index in [0.717, 1.165) is 24.2 Å². The number of ether oxygens (including phenoxy) is 1. The number of aliphatic carboxylic acids is 1. The zero-order valence-electron chi connectivity index (χ0n) is 17.8. The summed E-state index contributed by atoms with van der Waals surface area (Å²) in [6, 6.07) is 6.38. The lowest BCUT2D eigenvalue weighted by Gasteiger charge is -2.38. The normalized spacial score (nSPS) is 16.5. The van der Waals surface area contributed by atoms with Crippen LogP contribution in [0.1, 0.15) is 57.6 Å². The summed E-state index contributed by atoms with van der Waals surface area (Å²) in [7, 11) is 0. The van der Waals surface area contributed by atoms with Crippen LogP contribution in [0.3, 0.4) is 0 Å². The highest BCUT2D eigenvalue weighted by atomic mass is 16.5. The van der Waals surface area contributed by atoms with Crippen molar-refractivity contribution in [2.24, 2.45) is 0 Å². The number of rotatable bonds is 8. The molecule has 28 heavy (non-hydrogen) atoms. The summed E-state index contributed by atoms with van der Waals surface area (Å²) in [5, 5.41) is 9.05. The van der Waals surface area contributed by atoms with Gasteiger partial charge in [0, 0.05) is 19.1 Å². The Morgan fingerprint density at radius 1 is 1.25 bits per heavy atom. The van der Waals surface area contributed by atoms with Gasteiger partial charge < -0.3 is 14.7 Å². The molecule has 1 saturated heterocycles. The predicted molar refractivity (Wildman–Crippen MR) is 110 cm³/mol. The van der Waals surface area contributed by atoms with E-state index in [0.29, 0.717) is 25.6 Å². The molecule has 1 aliphatic heterocycles. The van der Waals surface area contributed by atoms with Gasteiger partial charge >= 0.3 is 5.97 Å². The maximum absolute atomic E-state index is 12.8. The minimum Gasteiger partial charge on any atom is -0.481 e. The summed E-state index contributed by atoms with van der Waals surface area (Å²) in [5.74, 6) is 0.358. The molecule has 0 bridgehead atoms. The standard InChI is InChI=1S/C22H34N2O4/c1-6-23(14-21(25)26)19-9-11-24(12-10-19)22(27)17(5)28-20-13-18(15(2)3)8-7-16(20)4/h7-8,13,15,17,19H,6,9-12,14H2,1-5H3,(H,25,26). The van der Waals surface area contributed by atoms with Crippen LogP contribution in [-0.4, -0.2) is 65.1 Å². The lowest BCUT2D eigenvalue weighted by Crippen LogP contribution is -2.50. The maximum Gasteiger partial charge on any atom is 0.317 e. The highest BCUT2D eigenvalue weighted by molar-refractivity contribution is 5.81. The van der Waals surface area contributed by atoms with Crippen LogP contribution >= 0.6 is 0 Å². The molecular weight excluding hydrogens is 356 g/mol. The summed E-state index contributed by atoms with van der Waals surface area (Å²) in [6.07, 6.45) is 1.04. The Labute approximate surface area is 168 Å². The van der Waals surface area contributed by atoms with E-state index in [9.17, 15) is 9.59 Å².